The lowest BCUT2D eigenvalue weighted by atomic mass is 10.0. The summed E-state index contributed by atoms with van der Waals surface area (Å²) in [4.78, 5) is 9.49. The number of halogens is 1. The first-order valence-electron chi connectivity index (χ1n) is 8.52. The summed E-state index contributed by atoms with van der Waals surface area (Å²) in [6.45, 7) is 8.48. The van der Waals surface area contributed by atoms with Crippen LogP contribution in [0.3, 0.4) is 0 Å². The zero-order valence-electron chi connectivity index (χ0n) is 15.2. The average Bonchev–Trinajstić information content (AvgIpc) is 3.17. The molecule has 2 heterocycles. The largest absolute Gasteiger partial charge is 0.319 e. The third-order valence-electron chi connectivity index (χ3n) is 4.29. The molecule has 0 aliphatic heterocycles. The summed E-state index contributed by atoms with van der Waals surface area (Å²) in [5, 5.41) is 7.28. The van der Waals surface area contributed by atoms with Gasteiger partial charge >= 0.3 is 0 Å². The van der Waals surface area contributed by atoms with Gasteiger partial charge in [-0.2, -0.15) is 5.10 Å². The van der Waals surface area contributed by atoms with Gasteiger partial charge in [0.25, 0.3) is 0 Å². The van der Waals surface area contributed by atoms with Crippen molar-refractivity contribution in [1.29, 1.82) is 0 Å². The average molecular weight is 410 g/mol. The molecular formula is C20H20BrN5. The maximum Gasteiger partial charge on any atom is 0.181 e. The van der Waals surface area contributed by atoms with E-state index in [2.05, 4.69) is 80.7 Å². The quantitative estimate of drug-likeness (QED) is 0.487. The van der Waals surface area contributed by atoms with E-state index in [1.807, 2.05) is 25.1 Å². The molecular weight excluding hydrogens is 390 g/mol. The number of H-pyrrole nitrogens is 1. The highest BCUT2D eigenvalue weighted by Gasteiger charge is 2.24. The van der Waals surface area contributed by atoms with Gasteiger partial charge in [0.05, 0.1) is 11.0 Å². The molecule has 2 aromatic heterocycles. The summed E-state index contributed by atoms with van der Waals surface area (Å²) in [6, 6.07) is 14.4. The zero-order chi connectivity index (χ0) is 18.5. The minimum Gasteiger partial charge on any atom is -0.319 e. The summed E-state index contributed by atoms with van der Waals surface area (Å²) in [5.41, 5.74) is 3.94. The monoisotopic (exact) mass is 409 g/mol. The molecule has 0 unspecified atom stereocenters. The zero-order valence-corrected chi connectivity index (χ0v) is 16.8. The molecule has 4 rings (SSSR count). The Morgan fingerprint density at radius 1 is 1.00 bits per heavy atom. The first-order chi connectivity index (χ1) is 12.3. The molecule has 0 aliphatic rings. The molecule has 0 atom stereocenters. The van der Waals surface area contributed by atoms with Crippen molar-refractivity contribution >= 4 is 27.0 Å². The summed E-state index contributed by atoms with van der Waals surface area (Å²) in [5.74, 6) is 2.40. The maximum atomic E-state index is 4.97. The molecule has 6 heteroatoms. The van der Waals surface area contributed by atoms with E-state index in [-0.39, 0.29) is 5.54 Å². The molecule has 0 bridgehead atoms. The lowest BCUT2D eigenvalue weighted by molar-refractivity contribution is 0.413. The van der Waals surface area contributed by atoms with Crippen LogP contribution in [0, 0.1) is 6.92 Å². The third-order valence-corrected chi connectivity index (χ3v) is 4.79. The minimum absolute atomic E-state index is 0.125. The molecule has 0 fully saturated rings. The smallest absolute Gasteiger partial charge is 0.181 e. The first kappa shape index (κ1) is 17.0. The van der Waals surface area contributed by atoms with Gasteiger partial charge in [0.1, 0.15) is 11.6 Å². The summed E-state index contributed by atoms with van der Waals surface area (Å²) in [7, 11) is 0. The highest BCUT2D eigenvalue weighted by Crippen LogP contribution is 2.36. The summed E-state index contributed by atoms with van der Waals surface area (Å²) in [6.07, 6.45) is 0. The Kier molecular flexibility index (Phi) is 3.95. The number of nitrogens with zero attached hydrogens (tertiary/aromatic N) is 4. The van der Waals surface area contributed by atoms with E-state index in [0.717, 1.165) is 38.3 Å². The van der Waals surface area contributed by atoms with Crippen LogP contribution in [0.4, 0.5) is 0 Å². The molecule has 1 N–H and O–H groups in total. The minimum atomic E-state index is -0.125. The van der Waals surface area contributed by atoms with E-state index in [1.165, 1.54) is 0 Å². The molecule has 4 aromatic rings. The number of rotatable bonds is 2. The molecule has 0 amide bonds. The highest BCUT2D eigenvalue weighted by atomic mass is 79.9. The number of aromatic nitrogens is 5. The Morgan fingerprint density at radius 2 is 1.73 bits per heavy atom. The van der Waals surface area contributed by atoms with E-state index >= 15 is 0 Å². The Hall–Kier alpha value is -2.47. The van der Waals surface area contributed by atoms with Gasteiger partial charge in [-0.05, 0) is 45.9 Å². The molecule has 132 valence electrons. The molecule has 26 heavy (non-hydrogen) atoms. The van der Waals surface area contributed by atoms with Gasteiger partial charge in [0.2, 0.25) is 0 Å². The predicted octanol–water partition coefficient (Wildman–Crippen LogP) is 5.31. The van der Waals surface area contributed by atoms with Crippen molar-refractivity contribution < 1.29 is 0 Å². The number of nitrogens with one attached hydrogen (secondary N) is 1. The van der Waals surface area contributed by atoms with Crippen LogP contribution >= 0.6 is 15.9 Å². The van der Waals surface area contributed by atoms with Gasteiger partial charge in [0, 0.05) is 21.1 Å². The molecule has 0 saturated heterocycles. The summed E-state index contributed by atoms with van der Waals surface area (Å²) < 4.78 is 3.31. The standard InChI is InChI=1S/C20H20BrN5/c1-12-22-18(25-24-12)14-7-5-6-8-15(14)19-23-16-11-13(21)9-10-17(16)26(19)20(2,3)4/h5-11H,1-4H3,(H,22,24,25). The van der Waals surface area contributed by atoms with Gasteiger partial charge in [-0.1, -0.05) is 40.2 Å². The van der Waals surface area contributed by atoms with Crippen molar-refractivity contribution in [3.63, 3.8) is 0 Å². The first-order valence-corrected chi connectivity index (χ1v) is 9.31. The van der Waals surface area contributed by atoms with Crippen molar-refractivity contribution in [2.45, 2.75) is 33.2 Å². The third kappa shape index (κ3) is 2.84. The fourth-order valence-electron chi connectivity index (χ4n) is 3.25. The maximum absolute atomic E-state index is 4.97. The van der Waals surface area contributed by atoms with E-state index in [9.17, 15) is 0 Å². The lowest BCUT2D eigenvalue weighted by Crippen LogP contribution is -2.22. The van der Waals surface area contributed by atoms with Gasteiger partial charge in [-0.3, -0.25) is 5.10 Å². The topological polar surface area (TPSA) is 59.4 Å². The highest BCUT2D eigenvalue weighted by molar-refractivity contribution is 9.10. The lowest BCUT2D eigenvalue weighted by Gasteiger charge is -2.25. The number of imidazole rings is 1. The van der Waals surface area contributed by atoms with Crippen LogP contribution in [0.2, 0.25) is 0 Å². The molecule has 0 radical (unpaired) electrons. The van der Waals surface area contributed by atoms with Crippen LogP contribution in [-0.4, -0.2) is 24.7 Å². The van der Waals surface area contributed by atoms with Gasteiger partial charge in [-0.25, -0.2) is 9.97 Å². The van der Waals surface area contributed by atoms with E-state index < -0.39 is 0 Å². The van der Waals surface area contributed by atoms with Crippen molar-refractivity contribution in [1.82, 2.24) is 24.7 Å². The van der Waals surface area contributed by atoms with E-state index in [0.29, 0.717) is 5.82 Å². The van der Waals surface area contributed by atoms with Crippen LogP contribution in [0.25, 0.3) is 33.8 Å². The summed E-state index contributed by atoms with van der Waals surface area (Å²) >= 11 is 3.55. The van der Waals surface area contributed by atoms with Gasteiger partial charge in [-0.15, -0.1) is 0 Å². The van der Waals surface area contributed by atoms with Crippen molar-refractivity contribution in [3.05, 3.63) is 52.8 Å². The van der Waals surface area contributed by atoms with Crippen molar-refractivity contribution in [3.8, 4) is 22.8 Å². The van der Waals surface area contributed by atoms with E-state index in [4.69, 9.17) is 4.98 Å². The van der Waals surface area contributed by atoms with Crippen LogP contribution in [0.1, 0.15) is 26.6 Å². The predicted molar refractivity (Wildman–Crippen MR) is 108 cm³/mol. The van der Waals surface area contributed by atoms with Crippen molar-refractivity contribution in [2.24, 2.45) is 0 Å². The Morgan fingerprint density at radius 3 is 2.38 bits per heavy atom. The van der Waals surface area contributed by atoms with Crippen LogP contribution in [-0.2, 0) is 5.54 Å². The van der Waals surface area contributed by atoms with Gasteiger partial charge < -0.3 is 4.57 Å². The second-order valence-corrected chi connectivity index (χ2v) is 8.28. The number of hydrogen-bond donors (Lipinski definition) is 1. The number of aryl methyl sites for hydroxylation is 1. The van der Waals surface area contributed by atoms with Crippen molar-refractivity contribution in [2.75, 3.05) is 0 Å². The number of benzene rings is 2. The molecule has 5 nitrogen and oxygen atoms in total. The Labute approximate surface area is 160 Å². The SMILES string of the molecule is Cc1nc(-c2ccccc2-c2nc3cc(Br)ccc3n2C(C)(C)C)n[nH]1. The second-order valence-electron chi connectivity index (χ2n) is 7.36. The molecule has 2 aromatic carbocycles. The fraction of sp³-hybridized carbons (Fsp3) is 0.250. The Bertz CT molecular complexity index is 1100. The molecule has 0 spiro atoms. The van der Waals surface area contributed by atoms with E-state index in [1.54, 1.807) is 0 Å². The number of fused-ring (bicyclic) bond motifs is 1. The molecule has 0 aliphatic carbocycles. The number of hydrogen-bond acceptors (Lipinski definition) is 3. The normalized spacial score (nSPS) is 12.0. The van der Waals surface area contributed by atoms with Crippen LogP contribution in [0.15, 0.2) is 46.9 Å². The van der Waals surface area contributed by atoms with Crippen LogP contribution < -0.4 is 0 Å². The molecule has 0 saturated carbocycles. The van der Waals surface area contributed by atoms with Crippen LogP contribution in [0.5, 0.6) is 0 Å². The van der Waals surface area contributed by atoms with Gasteiger partial charge in [0.15, 0.2) is 5.82 Å². The Balaban J connectivity index is 2.04. The number of aromatic amines is 1. The second kappa shape index (κ2) is 6.06. The fourth-order valence-corrected chi connectivity index (χ4v) is 3.60.